The van der Waals surface area contributed by atoms with Crippen LogP contribution in [0.4, 0.5) is 0 Å². The summed E-state index contributed by atoms with van der Waals surface area (Å²) < 4.78 is 12.9. The molecule has 0 aliphatic heterocycles. The summed E-state index contributed by atoms with van der Waals surface area (Å²) in [6.07, 6.45) is 8.59. The zero-order valence-corrected chi connectivity index (χ0v) is 33.8. The standard InChI is InChI=1S/C25H25.C10H15.C6H5.CH3.CH2.2ClH.Zr/c1-14-12-24(3,4)22-8-16-7-17-9-23-19(15(2)13-25(23,5)6)11-21(17)20(16)10-18(14)22;1-8-5-6-9(7-8)10(2,3)4;1-2-4-6-5-3-1;;;;;/h8-12H,7H2,1-6H3;6-8H,1-4H3;1-5H;1H3;1H2;2*1H;. The number of benzene rings is 3. The number of hydrogen-bond donors (Lipinski definition) is 0. The van der Waals surface area contributed by atoms with Gasteiger partial charge in [0.05, 0.1) is 0 Å². The van der Waals surface area contributed by atoms with E-state index in [0.29, 0.717) is 5.92 Å². The summed E-state index contributed by atoms with van der Waals surface area (Å²) in [6.45, 7) is 23.9. The number of hydrogen-bond acceptors (Lipinski definition) is 0. The Hall–Kier alpha value is -2.05. The molecule has 0 saturated carbocycles. The molecule has 3 aromatic rings. The molecule has 3 heteroatoms. The van der Waals surface area contributed by atoms with Crippen LogP contribution in [0.5, 0.6) is 0 Å². The molecule has 0 bridgehead atoms. The van der Waals surface area contributed by atoms with Crippen LogP contribution in [-0.4, -0.2) is 4.21 Å². The summed E-state index contributed by atoms with van der Waals surface area (Å²) in [4.78, 5) is 0. The molecule has 0 spiro atoms. The van der Waals surface area contributed by atoms with Crippen LogP contribution in [0.1, 0.15) is 103 Å². The number of allylic oxidation sites excluding steroid dienone is 8. The van der Waals surface area contributed by atoms with Crippen LogP contribution < -0.4 is 3.27 Å². The van der Waals surface area contributed by atoms with Crippen molar-refractivity contribution < 1.29 is 18.3 Å². The van der Waals surface area contributed by atoms with Crippen LogP contribution in [-0.2, 0) is 35.5 Å². The maximum absolute atomic E-state index is 5.55. The molecule has 0 radical (unpaired) electrons. The maximum atomic E-state index is 5.55. The number of rotatable bonds is 3. The van der Waals surface area contributed by atoms with Crippen molar-refractivity contribution >= 4 is 43.4 Å². The fraction of sp³-hybridized carbons (Fsp3) is 0.372. The molecule has 4 aliphatic rings. The van der Waals surface area contributed by atoms with Gasteiger partial charge in [-0.05, 0) is 0 Å². The molecule has 0 amide bonds. The molecule has 1 atom stereocenters. The van der Waals surface area contributed by atoms with Crippen LogP contribution in [0.25, 0.3) is 22.3 Å². The normalized spacial score (nSPS) is 20.5. The van der Waals surface area contributed by atoms with Crippen LogP contribution in [0.2, 0.25) is 4.63 Å². The van der Waals surface area contributed by atoms with Crippen molar-refractivity contribution in [2.24, 2.45) is 11.3 Å². The van der Waals surface area contributed by atoms with Gasteiger partial charge < -0.3 is 0 Å². The van der Waals surface area contributed by atoms with Crippen molar-refractivity contribution in [2.75, 3.05) is 0 Å². The van der Waals surface area contributed by atoms with E-state index in [-0.39, 0.29) is 41.1 Å². The van der Waals surface area contributed by atoms with Crippen molar-refractivity contribution in [2.45, 2.75) is 91.1 Å². The molecule has 46 heavy (non-hydrogen) atoms. The molecular formula is C43H52Cl2Zr. The quantitative estimate of drug-likeness (QED) is 0.197. The van der Waals surface area contributed by atoms with E-state index >= 15 is 0 Å². The second-order valence-electron chi connectivity index (χ2n) is 17.1. The van der Waals surface area contributed by atoms with Gasteiger partial charge in [0, 0.05) is 0 Å². The zero-order chi connectivity index (χ0) is 31.8. The summed E-state index contributed by atoms with van der Waals surface area (Å²) in [5.41, 5.74) is 16.2. The van der Waals surface area contributed by atoms with Crippen LogP contribution >= 0.6 is 24.8 Å². The van der Waals surface area contributed by atoms with Crippen molar-refractivity contribution in [3.8, 4) is 11.1 Å². The van der Waals surface area contributed by atoms with E-state index in [2.05, 4.69) is 147 Å². The third-order valence-electron chi connectivity index (χ3n) is 12.0. The molecule has 1 unspecified atom stereocenters. The Morgan fingerprint density at radius 3 is 1.93 bits per heavy atom. The number of fused-ring (bicyclic) bond motifs is 5. The monoisotopic (exact) mass is 728 g/mol. The van der Waals surface area contributed by atoms with Gasteiger partial charge in [-0.2, -0.15) is 0 Å². The second kappa shape index (κ2) is 10.7. The fourth-order valence-electron chi connectivity index (χ4n) is 10.1. The molecule has 0 aromatic heterocycles. The summed E-state index contributed by atoms with van der Waals surface area (Å²) in [7, 11) is 0. The van der Waals surface area contributed by atoms with Crippen LogP contribution in [0, 0.1) is 11.3 Å². The molecule has 0 nitrogen and oxygen atoms in total. The summed E-state index contributed by atoms with van der Waals surface area (Å²) in [5, 5.41) is 0. The Bertz CT molecular complexity index is 2000. The van der Waals surface area contributed by atoms with Gasteiger partial charge in [-0.15, -0.1) is 24.8 Å². The first kappa shape index (κ1) is 35.3. The Balaban J connectivity index is 0.00000208. The first-order chi connectivity index (χ1) is 20.3. The molecule has 0 heterocycles. The van der Waals surface area contributed by atoms with E-state index in [1.54, 1.807) is 6.56 Å². The van der Waals surface area contributed by atoms with E-state index in [1.165, 1.54) is 64.5 Å². The number of halogens is 2. The third kappa shape index (κ3) is 4.65. The Kier molecular flexibility index (Phi) is 8.22. The predicted octanol–water partition coefficient (Wildman–Crippen LogP) is 11.8. The average Bonchev–Trinajstić information content (AvgIpc) is 3.62. The van der Waals surface area contributed by atoms with Gasteiger partial charge in [-0.1, -0.05) is 0 Å². The van der Waals surface area contributed by atoms with Crippen LogP contribution in [0.15, 0.2) is 85.0 Å². The molecule has 242 valence electrons. The Labute approximate surface area is 291 Å². The van der Waals surface area contributed by atoms with Crippen molar-refractivity contribution in [1.82, 2.24) is 0 Å². The SMILES string of the molecule is Cl.Cl.[CH2]=[Zr]([CH3])([C]1=CC(C(C)(C)C)=CC1C)([C]1=C(C)c2cc3c(cc2C1(C)C)Cc1cc2c(cc1-3)C(C)=CC2(C)C)[c]1ccccc1. The van der Waals surface area contributed by atoms with E-state index in [0.717, 1.165) is 6.42 Å². The fourth-order valence-corrected chi connectivity index (χ4v) is 26.9. The molecular weight excluding hydrogens is 679 g/mol. The van der Waals surface area contributed by atoms with E-state index in [4.69, 9.17) is 4.21 Å². The predicted molar refractivity (Wildman–Crippen MR) is 205 cm³/mol. The molecule has 0 fully saturated rings. The topological polar surface area (TPSA) is 0 Å². The Morgan fingerprint density at radius 2 is 1.37 bits per heavy atom. The van der Waals surface area contributed by atoms with Gasteiger partial charge in [-0.3, -0.25) is 0 Å². The van der Waals surface area contributed by atoms with Gasteiger partial charge in [0.1, 0.15) is 0 Å². The first-order valence-corrected chi connectivity index (χ1v) is 24.6. The van der Waals surface area contributed by atoms with Gasteiger partial charge in [0.2, 0.25) is 0 Å². The second-order valence-corrected chi connectivity index (χ2v) is 31.0. The molecule has 0 N–H and O–H groups in total. The average molecular weight is 731 g/mol. The first-order valence-electron chi connectivity index (χ1n) is 16.7. The summed E-state index contributed by atoms with van der Waals surface area (Å²) in [6, 6.07) is 21.6. The van der Waals surface area contributed by atoms with Gasteiger partial charge in [0.15, 0.2) is 0 Å². The molecule has 3 aromatic carbocycles. The summed E-state index contributed by atoms with van der Waals surface area (Å²) in [5.74, 6) is 0.386. The van der Waals surface area contributed by atoms with Crippen molar-refractivity contribution in [1.29, 1.82) is 0 Å². The minimum atomic E-state index is -4.34. The van der Waals surface area contributed by atoms with Crippen molar-refractivity contribution in [3.63, 3.8) is 0 Å². The van der Waals surface area contributed by atoms with Crippen molar-refractivity contribution in [3.05, 3.63) is 118 Å². The van der Waals surface area contributed by atoms with E-state index in [9.17, 15) is 0 Å². The minimum absolute atomic E-state index is 0. The van der Waals surface area contributed by atoms with E-state index in [1.807, 2.05) is 0 Å². The summed E-state index contributed by atoms with van der Waals surface area (Å²) >= 11 is -4.34. The van der Waals surface area contributed by atoms with Crippen LogP contribution in [0.3, 0.4) is 0 Å². The van der Waals surface area contributed by atoms with Gasteiger partial charge in [-0.25, -0.2) is 0 Å². The molecule has 0 saturated heterocycles. The Morgan fingerprint density at radius 1 is 0.804 bits per heavy atom. The molecule has 4 aliphatic carbocycles. The zero-order valence-electron chi connectivity index (χ0n) is 29.7. The molecule has 7 rings (SSSR count). The van der Waals surface area contributed by atoms with Gasteiger partial charge >= 0.3 is 269 Å². The third-order valence-corrected chi connectivity index (χ3v) is 27.8. The van der Waals surface area contributed by atoms with E-state index < -0.39 is 18.3 Å². The van der Waals surface area contributed by atoms with Gasteiger partial charge in [0.25, 0.3) is 0 Å².